The molecule has 0 unspecified atom stereocenters. The van der Waals surface area contributed by atoms with E-state index in [1.54, 1.807) is 6.92 Å². The highest BCUT2D eigenvalue weighted by Crippen LogP contribution is 2.31. The standard InChI is InChI=1S/C13H13F4NO2/c1-2-20-12(19)4-3-7-18-11-8-9(13(15,16)17)5-6-10(11)14/h3-6,8,18H,2,7H2,1H3/b4-3+. The van der Waals surface area contributed by atoms with E-state index in [1.807, 2.05) is 0 Å². The number of carbonyl (C=O) groups is 1. The Kier molecular flexibility index (Phi) is 5.54. The lowest BCUT2D eigenvalue weighted by Gasteiger charge is -2.10. The van der Waals surface area contributed by atoms with E-state index in [9.17, 15) is 22.4 Å². The van der Waals surface area contributed by atoms with Gasteiger partial charge in [0.1, 0.15) is 5.82 Å². The quantitative estimate of drug-likeness (QED) is 0.513. The zero-order valence-electron chi connectivity index (χ0n) is 10.6. The summed E-state index contributed by atoms with van der Waals surface area (Å²) in [6.45, 7) is 1.86. The highest BCUT2D eigenvalue weighted by molar-refractivity contribution is 5.81. The molecule has 0 aliphatic heterocycles. The number of nitrogens with one attached hydrogen (secondary N) is 1. The summed E-state index contributed by atoms with van der Waals surface area (Å²) in [4.78, 5) is 10.9. The molecule has 0 amide bonds. The Labute approximate surface area is 113 Å². The summed E-state index contributed by atoms with van der Waals surface area (Å²) < 4.78 is 55.3. The summed E-state index contributed by atoms with van der Waals surface area (Å²) in [5, 5.41) is 2.45. The second-order valence-corrected chi connectivity index (χ2v) is 3.73. The Hall–Kier alpha value is -2.05. The van der Waals surface area contributed by atoms with E-state index in [-0.39, 0.29) is 18.8 Å². The van der Waals surface area contributed by atoms with Gasteiger partial charge in [0.15, 0.2) is 0 Å². The maximum atomic E-state index is 13.3. The minimum Gasteiger partial charge on any atom is -0.463 e. The Morgan fingerprint density at radius 3 is 2.70 bits per heavy atom. The molecule has 1 N–H and O–H groups in total. The molecule has 0 spiro atoms. The Morgan fingerprint density at radius 2 is 2.10 bits per heavy atom. The van der Waals surface area contributed by atoms with Gasteiger partial charge in [0.2, 0.25) is 0 Å². The molecule has 7 heteroatoms. The van der Waals surface area contributed by atoms with Crippen LogP contribution in [-0.4, -0.2) is 19.1 Å². The normalized spacial score (nSPS) is 11.7. The smallest absolute Gasteiger partial charge is 0.416 e. The summed E-state index contributed by atoms with van der Waals surface area (Å²) in [5.74, 6) is -1.37. The number of carbonyl (C=O) groups excluding carboxylic acids is 1. The summed E-state index contributed by atoms with van der Waals surface area (Å²) in [6, 6.07) is 2.07. The number of hydrogen-bond acceptors (Lipinski definition) is 3. The SMILES string of the molecule is CCOC(=O)/C=C/CNc1cc(C(F)(F)F)ccc1F. The van der Waals surface area contributed by atoms with Gasteiger partial charge in [0.05, 0.1) is 17.9 Å². The zero-order valence-corrected chi connectivity index (χ0v) is 10.6. The second kappa shape index (κ2) is 6.93. The van der Waals surface area contributed by atoms with Crippen molar-refractivity contribution in [2.24, 2.45) is 0 Å². The number of halogens is 4. The number of esters is 1. The second-order valence-electron chi connectivity index (χ2n) is 3.73. The monoisotopic (exact) mass is 291 g/mol. The lowest BCUT2D eigenvalue weighted by molar-refractivity contribution is -0.138. The van der Waals surface area contributed by atoms with Gasteiger partial charge >= 0.3 is 12.1 Å². The van der Waals surface area contributed by atoms with Crippen LogP contribution < -0.4 is 5.32 Å². The third-order valence-corrected chi connectivity index (χ3v) is 2.24. The lowest BCUT2D eigenvalue weighted by atomic mass is 10.2. The molecule has 0 saturated carbocycles. The predicted octanol–water partition coefficient (Wildman–Crippen LogP) is 3.38. The number of hydrogen-bond donors (Lipinski definition) is 1. The number of rotatable bonds is 5. The molecule has 0 atom stereocenters. The molecule has 110 valence electrons. The average molecular weight is 291 g/mol. The molecule has 1 aromatic carbocycles. The summed E-state index contributed by atoms with van der Waals surface area (Å²) >= 11 is 0. The largest absolute Gasteiger partial charge is 0.463 e. The summed E-state index contributed by atoms with van der Waals surface area (Å²) in [5.41, 5.74) is -1.23. The average Bonchev–Trinajstić information content (AvgIpc) is 2.35. The van der Waals surface area contributed by atoms with E-state index in [2.05, 4.69) is 10.1 Å². The highest BCUT2D eigenvalue weighted by atomic mass is 19.4. The molecule has 0 aliphatic carbocycles. The molecule has 0 fully saturated rings. The van der Waals surface area contributed by atoms with Crippen LogP contribution in [0.3, 0.4) is 0 Å². The fourth-order valence-corrected chi connectivity index (χ4v) is 1.35. The maximum absolute atomic E-state index is 13.3. The Balaban J connectivity index is 2.66. The van der Waals surface area contributed by atoms with Crippen LogP contribution in [0.2, 0.25) is 0 Å². The Morgan fingerprint density at radius 1 is 1.40 bits per heavy atom. The van der Waals surface area contributed by atoms with Crippen molar-refractivity contribution < 1.29 is 27.1 Å². The van der Waals surface area contributed by atoms with Crippen molar-refractivity contribution in [3.8, 4) is 0 Å². The third-order valence-electron chi connectivity index (χ3n) is 2.24. The first-order chi connectivity index (χ1) is 9.34. The van der Waals surface area contributed by atoms with Gasteiger partial charge in [-0.15, -0.1) is 0 Å². The molecule has 0 heterocycles. The van der Waals surface area contributed by atoms with Gasteiger partial charge in [-0.3, -0.25) is 0 Å². The number of anilines is 1. The van der Waals surface area contributed by atoms with E-state index >= 15 is 0 Å². The first kappa shape index (κ1) is 16.0. The van der Waals surface area contributed by atoms with Crippen LogP contribution in [0.1, 0.15) is 12.5 Å². The van der Waals surface area contributed by atoms with E-state index < -0.39 is 23.5 Å². The zero-order chi connectivity index (χ0) is 15.2. The molecular weight excluding hydrogens is 278 g/mol. The van der Waals surface area contributed by atoms with E-state index in [0.717, 1.165) is 12.1 Å². The molecule has 0 aliphatic rings. The van der Waals surface area contributed by atoms with Crippen molar-refractivity contribution in [3.63, 3.8) is 0 Å². The topological polar surface area (TPSA) is 38.3 Å². The minimum absolute atomic E-state index is 0.00293. The van der Waals surface area contributed by atoms with Crippen LogP contribution in [0.15, 0.2) is 30.4 Å². The third kappa shape index (κ3) is 4.91. The molecule has 0 aromatic heterocycles. The van der Waals surface area contributed by atoms with E-state index in [0.29, 0.717) is 12.1 Å². The van der Waals surface area contributed by atoms with Crippen LogP contribution in [0.5, 0.6) is 0 Å². The van der Waals surface area contributed by atoms with Crippen LogP contribution >= 0.6 is 0 Å². The van der Waals surface area contributed by atoms with Gasteiger partial charge in [-0.1, -0.05) is 6.08 Å². The number of benzene rings is 1. The molecule has 20 heavy (non-hydrogen) atoms. The first-order valence-corrected chi connectivity index (χ1v) is 5.78. The van der Waals surface area contributed by atoms with Crippen molar-refractivity contribution in [3.05, 3.63) is 41.7 Å². The van der Waals surface area contributed by atoms with Gasteiger partial charge in [-0.25, -0.2) is 9.18 Å². The van der Waals surface area contributed by atoms with Gasteiger partial charge in [0, 0.05) is 12.6 Å². The summed E-state index contributed by atoms with van der Waals surface area (Å²) in [7, 11) is 0. The molecule has 3 nitrogen and oxygen atoms in total. The minimum atomic E-state index is -4.54. The van der Waals surface area contributed by atoms with E-state index in [4.69, 9.17) is 0 Å². The molecule has 1 aromatic rings. The van der Waals surface area contributed by atoms with Gasteiger partial charge in [0.25, 0.3) is 0 Å². The maximum Gasteiger partial charge on any atom is 0.416 e. The molecular formula is C13H13F4NO2. The van der Waals surface area contributed by atoms with Crippen LogP contribution in [0, 0.1) is 5.82 Å². The fourth-order valence-electron chi connectivity index (χ4n) is 1.35. The predicted molar refractivity (Wildman–Crippen MR) is 65.7 cm³/mol. The van der Waals surface area contributed by atoms with Crippen molar-refractivity contribution in [2.75, 3.05) is 18.5 Å². The molecule has 0 saturated heterocycles. The fraction of sp³-hybridized carbons (Fsp3) is 0.308. The van der Waals surface area contributed by atoms with Crippen LogP contribution in [-0.2, 0) is 15.7 Å². The lowest BCUT2D eigenvalue weighted by Crippen LogP contribution is -2.08. The van der Waals surface area contributed by atoms with Crippen molar-refractivity contribution in [1.29, 1.82) is 0 Å². The van der Waals surface area contributed by atoms with Crippen LogP contribution in [0.4, 0.5) is 23.2 Å². The Bertz CT molecular complexity index is 498. The van der Waals surface area contributed by atoms with Crippen molar-refractivity contribution >= 4 is 11.7 Å². The molecule has 1 rings (SSSR count). The van der Waals surface area contributed by atoms with E-state index in [1.165, 1.54) is 6.08 Å². The van der Waals surface area contributed by atoms with Crippen LogP contribution in [0.25, 0.3) is 0 Å². The summed E-state index contributed by atoms with van der Waals surface area (Å²) in [6.07, 6.45) is -2.09. The van der Waals surface area contributed by atoms with Crippen molar-refractivity contribution in [2.45, 2.75) is 13.1 Å². The van der Waals surface area contributed by atoms with Gasteiger partial charge < -0.3 is 10.1 Å². The van der Waals surface area contributed by atoms with Gasteiger partial charge in [-0.05, 0) is 25.1 Å². The van der Waals surface area contributed by atoms with Gasteiger partial charge in [-0.2, -0.15) is 13.2 Å². The van der Waals surface area contributed by atoms with Crippen molar-refractivity contribution in [1.82, 2.24) is 0 Å². The number of alkyl halides is 3. The first-order valence-electron chi connectivity index (χ1n) is 5.78. The number of ether oxygens (including phenoxy) is 1. The molecule has 0 radical (unpaired) electrons. The molecule has 0 bridgehead atoms. The highest BCUT2D eigenvalue weighted by Gasteiger charge is 2.31.